The Labute approximate surface area is 200 Å². The standard InChI is InChI=1S/C30H42N2O/c1-22-10-13-26(31-20-24-11-14-27(33-3)15-12-24)19-29(22)30-16-5-4-9-28(30)23(2)32(18-17-30)21-25-7-6-8-25/h10-15,19,23,25,28,31H,4-9,16-18,20-21H2,1-3H3/t23-,28?,30+/m1/s1. The molecular weight excluding hydrogens is 404 g/mol. The van der Waals surface area contributed by atoms with E-state index in [2.05, 4.69) is 54.4 Å². The van der Waals surface area contributed by atoms with Gasteiger partial charge >= 0.3 is 0 Å². The van der Waals surface area contributed by atoms with Crippen LogP contribution in [0.5, 0.6) is 5.75 Å². The summed E-state index contributed by atoms with van der Waals surface area (Å²) >= 11 is 0. The first-order chi connectivity index (χ1) is 16.1. The molecule has 3 nitrogen and oxygen atoms in total. The Morgan fingerprint density at radius 2 is 1.82 bits per heavy atom. The molecule has 3 atom stereocenters. The minimum Gasteiger partial charge on any atom is -0.497 e. The maximum absolute atomic E-state index is 5.30. The van der Waals surface area contributed by atoms with Crippen LogP contribution in [0.1, 0.15) is 75.0 Å². The van der Waals surface area contributed by atoms with E-state index < -0.39 is 0 Å². The van der Waals surface area contributed by atoms with Crippen LogP contribution in [0, 0.1) is 18.8 Å². The van der Waals surface area contributed by atoms with Gasteiger partial charge in [0.2, 0.25) is 0 Å². The zero-order valence-electron chi connectivity index (χ0n) is 20.9. The number of ether oxygens (including phenoxy) is 1. The first-order valence-corrected chi connectivity index (χ1v) is 13.3. The quantitative estimate of drug-likeness (QED) is 0.499. The van der Waals surface area contributed by atoms with E-state index in [0.717, 1.165) is 24.1 Å². The molecule has 178 valence electrons. The molecular formula is C30H42N2O. The summed E-state index contributed by atoms with van der Waals surface area (Å²) in [5.41, 5.74) is 6.01. The number of rotatable bonds is 7. The number of anilines is 1. The van der Waals surface area contributed by atoms with Crippen molar-refractivity contribution in [3.05, 3.63) is 59.2 Å². The van der Waals surface area contributed by atoms with Crippen LogP contribution in [0.4, 0.5) is 5.69 Å². The molecule has 0 amide bonds. The van der Waals surface area contributed by atoms with Crippen LogP contribution in [0.3, 0.4) is 0 Å². The van der Waals surface area contributed by atoms with Crippen LogP contribution in [-0.2, 0) is 12.0 Å². The molecule has 1 N–H and O–H groups in total. The molecule has 2 aliphatic carbocycles. The van der Waals surface area contributed by atoms with E-state index in [0.29, 0.717) is 11.5 Å². The lowest BCUT2D eigenvalue weighted by atomic mass is 9.56. The number of nitrogens with zero attached hydrogens (tertiary/aromatic N) is 1. The van der Waals surface area contributed by atoms with Crippen LogP contribution < -0.4 is 10.1 Å². The van der Waals surface area contributed by atoms with Crippen molar-refractivity contribution in [3.63, 3.8) is 0 Å². The van der Waals surface area contributed by atoms with Gasteiger partial charge in [0.15, 0.2) is 0 Å². The van der Waals surface area contributed by atoms with E-state index in [9.17, 15) is 0 Å². The number of benzene rings is 2. The summed E-state index contributed by atoms with van der Waals surface area (Å²) in [4.78, 5) is 2.86. The highest BCUT2D eigenvalue weighted by Crippen LogP contribution is 2.52. The van der Waals surface area contributed by atoms with Gasteiger partial charge in [-0.05, 0) is 105 Å². The average Bonchev–Trinajstić information content (AvgIpc) is 2.82. The van der Waals surface area contributed by atoms with Crippen molar-refractivity contribution in [1.29, 1.82) is 0 Å². The first kappa shape index (κ1) is 22.8. The van der Waals surface area contributed by atoms with Gasteiger partial charge in [-0.3, -0.25) is 0 Å². The van der Waals surface area contributed by atoms with Crippen LogP contribution >= 0.6 is 0 Å². The average molecular weight is 447 g/mol. The molecule has 2 aromatic carbocycles. The summed E-state index contributed by atoms with van der Waals surface area (Å²) < 4.78 is 5.30. The number of piperidine rings is 1. The Kier molecular flexibility index (Phi) is 6.69. The minimum absolute atomic E-state index is 0.357. The van der Waals surface area contributed by atoms with E-state index in [-0.39, 0.29) is 0 Å². The highest BCUT2D eigenvalue weighted by molar-refractivity contribution is 5.52. The molecule has 3 fully saturated rings. The molecule has 0 spiro atoms. The topological polar surface area (TPSA) is 24.5 Å². The number of hydrogen-bond acceptors (Lipinski definition) is 3. The second-order valence-electron chi connectivity index (χ2n) is 11.0. The molecule has 5 rings (SSSR count). The van der Waals surface area contributed by atoms with Gasteiger partial charge in [-0.2, -0.15) is 0 Å². The third-order valence-electron chi connectivity index (χ3n) is 9.25. The lowest BCUT2D eigenvalue weighted by Gasteiger charge is -2.56. The molecule has 3 aliphatic rings. The molecule has 0 aromatic heterocycles. The number of aryl methyl sites for hydroxylation is 1. The number of fused-ring (bicyclic) bond motifs is 1. The van der Waals surface area contributed by atoms with Crippen LogP contribution in [-0.4, -0.2) is 31.1 Å². The summed E-state index contributed by atoms with van der Waals surface area (Å²) in [7, 11) is 1.72. The van der Waals surface area contributed by atoms with Crippen LogP contribution in [0.15, 0.2) is 42.5 Å². The van der Waals surface area contributed by atoms with Crippen LogP contribution in [0.2, 0.25) is 0 Å². The SMILES string of the molecule is COc1ccc(CNc2ccc(C)c([C@]34CCCCC3[C@@H](C)N(CC3CCC3)CC4)c2)cc1. The van der Waals surface area contributed by atoms with E-state index in [1.165, 1.54) is 81.3 Å². The van der Waals surface area contributed by atoms with Gasteiger partial charge in [-0.15, -0.1) is 0 Å². The van der Waals surface area contributed by atoms with Gasteiger partial charge in [0.1, 0.15) is 5.75 Å². The first-order valence-electron chi connectivity index (χ1n) is 13.3. The van der Waals surface area contributed by atoms with Crippen molar-refractivity contribution in [1.82, 2.24) is 4.90 Å². The van der Waals surface area contributed by atoms with Crippen molar-refractivity contribution in [2.24, 2.45) is 11.8 Å². The molecule has 2 aromatic rings. The number of nitrogens with one attached hydrogen (secondary N) is 1. The van der Waals surface area contributed by atoms with Gasteiger partial charge in [0, 0.05) is 30.2 Å². The van der Waals surface area contributed by atoms with E-state index in [1.807, 2.05) is 12.1 Å². The summed E-state index contributed by atoms with van der Waals surface area (Å²) in [5, 5.41) is 3.71. The normalized spacial score (nSPS) is 28.1. The molecule has 1 unspecified atom stereocenters. The number of likely N-dealkylation sites (tertiary alicyclic amines) is 1. The lowest BCUT2D eigenvalue weighted by molar-refractivity contribution is -0.00649. The molecule has 2 saturated carbocycles. The van der Waals surface area contributed by atoms with Crippen LogP contribution in [0.25, 0.3) is 0 Å². The molecule has 0 bridgehead atoms. The second-order valence-corrected chi connectivity index (χ2v) is 11.0. The molecule has 33 heavy (non-hydrogen) atoms. The van der Waals surface area contributed by atoms with E-state index in [4.69, 9.17) is 4.74 Å². The molecule has 0 radical (unpaired) electrons. The Morgan fingerprint density at radius 1 is 1.00 bits per heavy atom. The van der Waals surface area contributed by atoms with Crippen molar-refractivity contribution in [2.75, 3.05) is 25.5 Å². The monoisotopic (exact) mass is 446 g/mol. The predicted octanol–water partition coefficient (Wildman–Crippen LogP) is 6.94. The van der Waals surface area contributed by atoms with Crippen molar-refractivity contribution >= 4 is 5.69 Å². The maximum atomic E-state index is 5.30. The summed E-state index contributed by atoms with van der Waals surface area (Å²) in [6.45, 7) is 8.35. The predicted molar refractivity (Wildman–Crippen MR) is 138 cm³/mol. The smallest absolute Gasteiger partial charge is 0.118 e. The lowest BCUT2D eigenvalue weighted by Crippen LogP contribution is -2.57. The van der Waals surface area contributed by atoms with E-state index in [1.54, 1.807) is 12.7 Å². The highest BCUT2D eigenvalue weighted by Gasteiger charge is 2.49. The third-order valence-corrected chi connectivity index (χ3v) is 9.25. The second kappa shape index (κ2) is 9.70. The van der Waals surface area contributed by atoms with Gasteiger partial charge < -0.3 is 15.0 Å². The van der Waals surface area contributed by atoms with Gasteiger partial charge in [0.05, 0.1) is 7.11 Å². The fourth-order valence-corrected chi connectivity index (χ4v) is 7.03. The maximum Gasteiger partial charge on any atom is 0.118 e. The van der Waals surface area contributed by atoms with E-state index >= 15 is 0 Å². The van der Waals surface area contributed by atoms with Crippen molar-refractivity contribution in [2.45, 2.75) is 83.2 Å². The fourth-order valence-electron chi connectivity index (χ4n) is 7.03. The van der Waals surface area contributed by atoms with Gasteiger partial charge in [0.25, 0.3) is 0 Å². The summed E-state index contributed by atoms with van der Waals surface area (Å²) in [6, 6.07) is 16.2. The third kappa shape index (κ3) is 4.54. The molecule has 1 heterocycles. The molecule has 1 aliphatic heterocycles. The zero-order valence-corrected chi connectivity index (χ0v) is 20.9. The van der Waals surface area contributed by atoms with Crippen molar-refractivity contribution < 1.29 is 4.74 Å². The number of methoxy groups -OCH3 is 1. The Balaban J connectivity index is 1.36. The highest BCUT2D eigenvalue weighted by atomic mass is 16.5. The zero-order chi connectivity index (χ0) is 22.8. The van der Waals surface area contributed by atoms with Gasteiger partial charge in [-0.25, -0.2) is 0 Å². The van der Waals surface area contributed by atoms with Gasteiger partial charge in [-0.1, -0.05) is 37.5 Å². The van der Waals surface area contributed by atoms with Crippen molar-refractivity contribution in [3.8, 4) is 5.75 Å². The molecule has 1 saturated heterocycles. The Morgan fingerprint density at radius 3 is 2.55 bits per heavy atom. The fraction of sp³-hybridized carbons (Fsp3) is 0.600. The summed E-state index contributed by atoms with van der Waals surface area (Å²) in [5.74, 6) is 2.67. The largest absolute Gasteiger partial charge is 0.497 e. The Hall–Kier alpha value is -2.00. The number of hydrogen-bond donors (Lipinski definition) is 1. The minimum atomic E-state index is 0.357. The molecule has 3 heteroatoms. The summed E-state index contributed by atoms with van der Waals surface area (Å²) in [6.07, 6.45) is 11.2. The Bertz CT molecular complexity index is 935.